The Labute approximate surface area is 106 Å². The molecule has 18 heavy (non-hydrogen) atoms. The van der Waals surface area contributed by atoms with Gasteiger partial charge in [-0.15, -0.1) is 0 Å². The quantitative estimate of drug-likeness (QED) is 0.814. The summed E-state index contributed by atoms with van der Waals surface area (Å²) in [4.78, 5) is 4.03. The van der Waals surface area contributed by atoms with Crippen molar-refractivity contribution in [3.05, 3.63) is 11.7 Å². The van der Waals surface area contributed by atoms with E-state index in [0.29, 0.717) is 31.1 Å². The molecular formula is C10H17N3O4S. The Bertz CT molecular complexity index is 527. The lowest BCUT2D eigenvalue weighted by atomic mass is 9.91. The maximum atomic E-state index is 11.5. The summed E-state index contributed by atoms with van der Waals surface area (Å²) in [5.74, 6) is 0.842. The highest BCUT2D eigenvalue weighted by Crippen LogP contribution is 2.26. The maximum Gasteiger partial charge on any atom is 0.229 e. The van der Waals surface area contributed by atoms with Gasteiger partial charge in [-0.2, -0.15) is 9.29 Å². The van der Waals surface area contributed by atoms with Crippen molar-refractivity contribution in [2.24, 2.45) is 0 Å². The minimum absolute atomic E-state index is 0.0766. The van der Waals surface area contributed by atoms with E-state index in [0.717, 1.165) is 6.26 Å². The number of aryl methyl sites for hydroxylation is 1. The van der Waals surface area contributed by atoms with Gasteiger partial charge in [0, 0.05) is 13.1 Å². The molecule has 0 spiro atoms. The van der Waals surface area contributed by atoms with E-state index in [-0.39, 0.29) is 13.0 Å². The molecule has 2 heterocycles. The lowest BCUT2D eigenvalue weighted by molar-refractivity contribution is -0.0127. The lowest BCUT2D eigenvalue weighted by Crippen LogP contribution is -2.51. The number of β-amino-alcohol motifs (C(OH)–C–C–N with tert-alkyl or cyclic N) is 1. The Morgan fingerprint density at radius 1 is 1.56 bits per heavy atom. The molecule has 1 unspecified atom stereocenters. The van der Waals surface area contributed by atoms with E-state index in [9.17, 15) is 13.5 Å². The van der Waals surface area contributed by atoms with Crippen molar-refractivity contribution in [1.82, 2.24) is 14.4 Å². The molecule has 7 nitrogen and oxygen atoms in total. The normalized spacial score (nSPS) is 26.4. The molecule has 2 rings (SSSR count). The van der Waals surface area contributed by atoms with Crippen LogP contribution in [0.2, 0.25) is 0 Å². The highest BCUT2D eigenvalue weighted by atomic mass is 32.2. The first-order valence-corrected chi connectivity index (χ1v) is 7.60. The van der Waals surface area contributed by atoms with Crippen LogP contribution in [-0.4, -0.2) is 52.9 Å². The highest BCUT2D eigenvalue weighted by Gasteiger charge is 2.38. The van der Waals surface area contributed by atoms with Gasteiger partial charge in [0.25, 0.3) is 0 Å². The Morgan fingerprint density at radius 2 is 2.28 bits per heavy atom. The SMILES string of the molecule is Cc1noc(CC2(O)CCCN(S(C)(=O)=O)C2)n1. The predicted octanol–water partition coefficient (Wildman–Crippen LogP) is -0.293. The number of aromatic nitrogens is 2. The number of nitrogens with zero attached hydrogens (tertiary/aromatic N) is 3. The van der Waals surface area contributed by atoms with Crippen molar-refractivity contribution in [3.8, 4) is 0 Å². The fourth-order valence-corrected chi connectivity index (χ4v) is 3.13. The van der Waals surface area contributed by atoms with Gasteiger partial charge in [0.05, 0.1) is 18.3 Å². The van der Waals surface area contributed by atoms with Crippen molar-refractivity contribution in [3.63, 3.8) is 0 Å². The van der Waals surface area contributed by atoms with E-state index in [1.54, 1.807) is 6.92 Å². The zero-order valence-corrected chi connectivity index (χ0v) is 11.3. The summed E-state index contributed by atoms with van der Waals surface area (Å²) in [5.41, 5.74) is -1.12. The molecule has 1 aromatic heterocycles. The third-order valence-electron chi connectivity index (χ3n) is 3.04. The molecule has 1 aliphatic heterocycles. The van der Waals surface area contributed by atoms with E-state index in [4.69, 9.17) is 4.52 Å². The molecule has 1 N–H and O–H groups in total. The van der Waals surface area contributed by atoms with Crippen LogP contribution in [0.4, 0.5) is 0 Å². The molecule has 0 aromatic carbocycles. The Kier molecular flexibility index (Phi) is 3.43. The van der Waals surface area contributed by atoms with Gasteiger partial charge < -0.3 is 9.63 Å². The van der Waals surface area contributed by atoms with Gasteiger partial charge in [-0.3, -0.25) is 0 Å². The molecular weight excluding hydrogens is 258 g/mol. The van der Waals surface area contributed by atoms with Crippen molar-refractivity contribution in [2.75, 3.05) is 19.3 Å². The van der Waals surface area contributed by atoms with Crippen LogP contribution in [0.1, 0.15) is 24.6 Å². The average molecular weight is 275 g/mol. The highest BCUT2D eigenvalue weighted by molar-refractivity contribution is 7.88. The van der Waals surface area contributed by atoms with Gasteiger partial charge in [0.2, 0.25) is 15.9 Å². The molecule has 0 aliphatic carbocycles. The first kappa shape index (κ1) is 13.4. The number of hydrogen-bond donors (Lipinski definition) is 1. The third kappa shape index (κ3) is 3.06. The number of piperidine rings is 1. The van der Waals surface area contributed by atoms with Crippen LogP contribution in [0.5, 0.6) is 0 Å². The van der Waals surface area contributed by atoms with Gasteiger partial charge in [-0.05, 0) is 19.8 Å². The zero-order chi connectivity index (χ0) is 13.4. The molecule has 102 valence electrons. The van der Waals surface area contributed by atoms with Crippen LogP contribution in [0.25, 0.3) is 0 Å². The van der Waals surface area contributed by atoms with E-state index in [1.807, 2.05) is 0 Å². The second kappa shape index (κ2) is 4.60. The van der Waals surface area contributed by atoms with Crippen molar-refractivity contribution in [2.45, 2.75) is 31.8 Å². The van der Waals surface area contributed by atoms with Crippen molar-refractivity contribution < 1.29 is 18.0 Å². The van der Waals surface area contributed by atoms with E-state index < -0.39 is 15.6 Å². The Hall–Kier alpha value is -0.990. The second-order valence-electron chi connectivity index (χ2n) is 4.84. The van der Waals surface area contributed by atoms with Crippen LogP contribution >= 0.6 is 0 Å². The fraction of sp³-hybridized carbons (Fsp3) is 0.800. The van der Waals surface area contributed by atoms with Crippen LogP contribution in [0, 0.1) is 6.92 Å². The zero-order valence-electron chi connectivity index (χ0n) is 10.5. The summed E-state index contributed by atoms with van der Waals surface area (Å²) < 4.78 is 29.2. The third-order valence-corrected chi connectivity index (χ3v) is 4.29. The van der Waals surface area contributed by atoms with E-state index in [1.165, 1.54) is 4.31 Å². The van der Waals surface area contributed by atoms with Crippen molar-refractivity contribution >= 4 is 10.0 Å². The van der Waals surface area contributed by atoms with Gasteiger partial charge >= 0.3 is 0 Å². The fourth-order valence-electron chi connectivity index (χ4n) is 2.19. The maximum absolute atomic E-state index is 11.5. The van der Waals surface area contributed by atoms with Crippen LogP contribution < -0.4 is 0 Å². The Morgan fingerprint density at radius 3 is 2.83 bits per heavy atom. The molecule has 8 heteroatoms. The summed E-state index contributed by atoms with van der Waals surface area (Å²) in [7, 11) is -3.28. The van der Waals surface area contributed by atoms with E-state index in [2.05, 4.69) is 10.1 Å². The first-order chi connectivity index (χ1) is 8.28. The number of aliphatic hydroxyl groups is 1. The van der Waals surface area contributed by atoms with Gasteiger partial charge in [0.15, 0.2) is 5.82 Å². The smallest absolute Gasteiger partial charge is 0.229 e. The molecule has 0 saturated carbocycles. The largest absolute Gasteiger partial charge is 0.388 e. The molecule has 1 aliphatic rings. The van der Waals surface area contributed by atoms with Gasteiger partial charge in [0.1, 0.15) is 0 Å². The standard InChI is InChI=1S/C10H17N3O4S/c1-8-11-9(17-12-8)6-10(14)4-3-5-13(7-10)18(2,15)16/h14H,3-7H2,1-2H3. The number of sulfonamides is 1. The Balaban J connectivity index is 2.11. The second-order valence-corrected chi connectivity index (χ2v) is 6.82. The minimum atomic E-state index is -3.28. The summed E-state index contributed by atoms with van der Waals surface area (Å²) in [6.07, 6.45) is 2.48. The molecule has 0 amide bonds. The first-order valence-electron chi connectivity index (χ1n) is 5.75. The van der Waals surface area contributed by atoms with Gasteiger partial charge in [-0.1, -0.05) is 5.16 Å². The summed E-state index contributed by atoms with van der Waals surface area (Å²) in [6.45, 7) is 2.22. The predicted molar refractivity (Wildman–Crippen MR) is 63.3 cm³/mol. The van der Waals surface area contributed by atoms with Gasteiger partial charge in [-0.25, -0.2) is 8.42 Å². The van der Waals surface area contributed by atoms with Crippen LogP contribution in [0.3, 0.4) is 0 Å². The molecule has 1 fully saturated rings. The monoisotopic (exact) mass is 275 g/mol. The van der Waals surface area contributed by atoms with Crippen LogP contribution in [-0.2, 0) is 16.4 Å². The summed E-state index contributed by atoms with van der Waals surface area (Å²) in [6, 6.07) is 0. The topological polar surface area (TPSA) is 96.5 Å². The van der Waals surface area contributed by atoms with Crippen LogP contribution in [0.15, 0.2) is 4.52 Å². The molecule has 1 aromatic rings. The molecule has 1 atom stereocenters. The summed E-state index contributed by atoms with van der Waals surface area (Å²) >= 11 is 0. The van der Waals surface area contributed by atoms with Crippen molar-refractivity contribution in [1.29, 1.82) is 0 Å². The van der Waals surface area contributed by atoms with E-state index >= 15 is 0 Å². The number of rotatable bonds is 3. The molecule has 0 radical (unpaired) electrons. The minimum Gasteiger partial charge on any atom is -0.388 e. The molecule has 0 bridgehead atoms. The molecule has 1 saturated heterocycles. The summed E-state index contributed by atoms with van der Waals surface area (Å²) in [5, 5.41) is 14.1. The average Bonchev–Trinajstić information content (AvgIpc) is 2.62. The lowest BCUT2D eigenvalue weighted by Gasteiger charge is -2.37. The number of hydrogen-bond acceptors (Lipinski definition) is 6.